The van der Waals surface area contributed by atoms with Gasteiger partial charge in [-0.25, -0.2) is 0 Å². The molecule has 8 nitrogen and oxygen atoms in total. The number of aliphatic hydroxyl groups excluding tert-OH is 1. The van der Waals surface area contributed by atoms with Gasteiger partial charge in [-0.05, 0) is 73.9 Å². The van der Waals surface area contributed by atoms with Gasteiger partial charge in [0.05, 0.1) is 48.7 Å². The second kappa shape index (κ2) is 10.7. The van der Waals surface area contributed by atoms with E-state index in [-0.39, 0.29) is 33.3 Å². The van der Waals surface area contributed by atoms with Crippen molar-refractivity contribution in [3.05, 3.63) is 81.4 Å². The number of nitrogens with zero attached hydrogens (tertiary/aromatic N) is 1. The molecule has 0 radical (unpaired) electrons. The molecule has 38 heavy (non-hydrogen) atoms. The van der Waals surface area contributed by atoms with E-state index in [1.807, 2.05) is 6.92 Å². The molecule has 1 aliphatic rings. The van der Waals surface area contributed by atoms with E-state index in [0.29, 0.717) is 29.2 Å². The largest absolute Gasteiger partial charge is 0.507 e. The van der Waals surface area contributed by atoms with Crippen molar-refractivity contribution in [3.8, 4) is 23.0 Å². The molecule has 0 bridgehead atoms. The second-order valence-electron chi connectivity index (χ2n) is 8.83. The van der Waals surface area contributed by atoms with Crippen LogP contribution in [0.1, 0.15) is 35.2 Å². The molecular formula is C29H28ClNO7. The normalized spacial score (nSPS) is 16.6. The fourth-order valence-corrected chi connectivity index (χ4v) is 4.96. The van der Waals surface area contributed by atoms with Crippen LogP contribution in [0.4, 0.5) is 5.69 Å². The van der Waals surface area contributed by atoms with E-state index >= 15 is 0 Å². The molecule has 1 aliphatic heterocycles. The number of benzene rings is 3. The van der Waals surface area contributed by atoms with E-state index in [4.69, 9.17) is 25.8 Å². The fourth-order valence-electron chi connectivity index (χ4n) is 4.61. The summed E-state index contributed by atoms with van der Waals surface area (Å²) in [6.45, 7) is 5.74. The summed E-state index contributed by atoms with van der Waals surface area (Å²) >= 11 is 6.37. The highest BCUT2D eigenvalue weighted by atomic mass is 35.5. The molecule has 1 saturated heterocycles. The Morgan fingerprint density at radius 2 is 1.71 bits per heavy atom. The van der Waals surface area contributed by atoms with Crippen LogP contribution >= 0.6 is 11.6 Å². The zero-order valence-electron chi connectivity index (χ0n) is 21.7. The van der Waals surface area contributed by atoms with Gasteiger partial charge in [0.15, 0.2) is 11.5 Å². The van der Waals surface area contributed by atoms with Crippen molar-refractivity contribution >= 4 is 34.7 Å². The summed E-state index contributed by atoms with van der Waals surface area (Å²) in [5.41, 5.74) is 2.02. The summed E-state index contributed by atoms with van der Waals surface area (Å²) < 4.78 is 16.6. The highest BCUT2D eigenvalue weighted by Crippen LogP contribution is 2.47. The first-order valence-electron chi connectivity index (χ1n) is 11.9. The average Bonchev–Trinajstić information content (AvgIpc) is 3.15. The second-order valence-corrected chi connectivity index (χ2v) is 9.24. The van der Waals surface area contributed by atoms with Crippen LogP contribution < -0.4 is 19.1 Å². The molecule has 1 atom stereocenters. The number of aliphatic hydroxyl groups is 1. The lowest BCUT2D eigenvalue weighted by Crippen LogP contribution is -2.29. The van der Waals surface area contributed by atoms with Gasteiger partial charge in [0.1, 0.15) is 17.3 Å². The van der Waals surface area contributed by atoms with Gasteiger partial charge in [-0.3, -0.25) is 14.5 Å². The van der Waals surface area contributed by atoms with E-state index < -0.39 is 23.5 Å². The third-order valence-electron chi connectivity index (χ3n) is 6.29. The lowest BCUT2D eigenvalue weighted by atomic mass is 9.94. The first-order chi connectivity index (χ1) is 18.1. The van der Waals surface area contributed by atoms with Crippen LogP contribution in [0.15, 0.2) is 54.1 Å². The van der Waals surface area contributed by atoms with Crippen molar-refractivity contribution in [1.82, 2.24) is 0 Å². The molecular weight excluding hydrogens is 510 g/mol. The van der Waals surface area contributed by atoms with E-state index in [1.54, 1.807) is 56.3 Å². The van der Waals surface area contributed by atoms with Crippen LogP contribution in [0.5, 0.6) is 23.0 Å². The smallest absolute Gasteiger partial charge is 0.300 e. The number of carbonyl (C=O) groups is 2. The number of carbonyl (C=O) groups excluding carboxylic acids is 2. The van der Waals surface area contributed by atoms with Crippen molar-refractivity contribution in [2.45, 2.75) is 26.8 Å². The lowest BCUT2D eigenvalue weighted by molar-refractivity contribution is -0.132. The predicted molar refractivity (Wildman–Crippen MR) is 145 cm³/mol. The number of aryl methyl sites for hydroxylation is 2. The number of anilines is 1. The molecule has 3 aromatic carbocycles. The maximum absolute atomic E-state index is 13.6. The number of phenols is 1. The Morgan fingerprint density at radius 1 is 0.974 bits per heavy atom. The Balaban J connectivity index is 2.06. The number of Topliss-reactive ketones (excluding diaryl/α,β-unsaturated/α-hetero) is 1. The number of hydrogen-bond donors (Lipinski definition) is 2. The first kappa shape index (κ1) is 26.9. The fraction of sp³-hybridized carbons (Fsp3) is 0.241. The molecule has 1 heterocycles. The van der Waals surface area contributed by atoms with Gasteiger partial charge >= 0.3 is 0 Å². The summed E-state index contributed by atoms with van der Waals surface area (Å²) in [5.74, 6) is -1.49. The first-order valence-corrected chi connectivity index (χ1v) is 12.3. The number of ketones is 1. The topological polar surface area (TPSA) is 106 Å². The molecule has 1 unspecified atom stereocenters. The summed E-state index contributed by atoms with van der Waals surface area (Å²) in [6.07, 6.45) is 0. The highest BCUT2D eigenvalue weighted by molar-refractivity contribution is 6.52. The van der Waals surface area contributed by atoms with Crippen LogP contribution in [-0.4, -0.2) is 42.7 Å². The van der Waals surface area contributed by atoms with E-state index in [0.717, 1.165) is 5.56 Å². The summed E-state index contributed by atoms with van der Waals surface area (Å²) in [5, 5.41) is 22.5. The van der Waals surface area contributed by atoms with Crippen molar-refractivity contribution < 1.29 is 34.0 Å². The standard InChI is InChI=1S/C29H28ClNO7/c1-6-38-23-14-17(8-10-22(23)36-4)25-24(26(33)18-11-16(3)12-19(30)28(18)37-5)27(34)29(35)31(25)20-13-15(2)7-9-21(20)32/h7-14,25,32-33H,6H2,1-5H3/b26-24+. The van der Waals surface area contributed by atoms with Gasteiger partial charge < -0.3 is 24.4 Å². The molecule has 0 spiro atoms. The number of aromatic hydroxyl groups is 1. The Kier molecular flexibility index (Phi) is 7.55. The Morgan fingerprint density at radius 3 is 2.37 bits per heavy atom. The van der Waals surface area contributed by atoms with Crippen LogP contribution in [0.3, 0.4) is 0 Å². The minimum Gasteiger partial charge on any atom is -0.507 e. The van der Waals surface area contributed by atoms with Gasteiger partial charge in [-0.2, -0.15) is 0 Å². The minimum atomic E-state index is -1.11. The van der Waals surface area contributed by atoms with Crippen molar-refractivity contribution in [2.75, 3.05) is 25.7 Å². The van der Waals surface area contributed by atoms with Crippen molar-refractivity contribution in [1.29, 1.82) is 0 Å². The number of hydrogen-bond acceptors (Lipinski definition) is 7. The van der Waals surface area contributed by atoms with E-state index in [2.05, 4.69) is 0 Å². The van der Waals surface area contributed by atoms with Crippen molar-refractivity contribution in [3.63, 3.8) is 0 Å². The molecule has 1 amide bonds. The maximum Gasteiger partial charge on any atom is 0.300 e. The monoisotopic (exact) mass is 537 g/mol. The number of amides is 1. The third-order valence-corrected chi connectivity index (χ3v) is 6.57. The maximum atomic E-state index is 13.6. The van der Waals surface area contributed by atoms with Crippen LogP contribution in [0.25, 0.3) is 5.76 Å². The number of halogens is 1. The molecule has 4 rings (SSSR count). The van der Waals surface area contributed by atoms with E-state index in [9.17, 15) is 19.8 Å². The van der Waals surface area contributed by atoms with Gasteiger partial charge in [0.25, 0.3) is 11.7 Å². The zero-order chi connectivity index (χ0) is 27.7. The van der Waals surface area contributed by atoms with Crippen molar-refractivity contribution in [2.24, 2.45) is 0 Å². The molecule has 0 saturated carbocycles. The molecule has 1 fully saturated rings. The zero-order valence-corrected chi connectivity index (χ0v) is 22.4. The van der Waals surface area contributed by atoms with Gasteiger partial charge in [-0.1, -0.05) is 23.7 Å². The van der Waals surface area contributed by atoms with Gasteiger partial charge in [0.2, 0.25) is 0 Å². The summed E-state index contributed by atoms with van der Waals surface area (Å²) in [6, 6.07) is 11.9. The Labute approximate surface area is 225 Å². The van der Waals surface area contributed by atoms with Crippen LogP contribution in [-0.2, 0) is 9.59 Å². The van der Waals surface area contributed by atoms with Crippen LogP contribution in [0, 0.1) is 13.8 Å². The lowest BCUT2D eigenvalue weighted by Gasteiger charge is -2.27. The number of phenolic OH excluding ortho intramolecular Hbond substituents is 1. The van der Waals surface area contributed by atoms with Gasteiger partial charge in [-0.15, -0.1) is 0 Å². The number of methoxy groups -OCH3 is 2. The number of rotatable bonds is 7. The van der Waals surface area contributed by atoms with E-state index in [1.165, 1.54) is 25.2 Å². The summed E-state index contributed by atoms with van der Waals surface area (Å²) in [7, 11) is 2.90. The minimum absolute atomic E-state index is 0.124. The number of ether oxygens (including phenoxy) is 3. The molecule has 3 aromatic rings. The van der Waals surface area contributed by atoms with Gasteiger partial charge in [0, 0.05) is 0 Å². The van der Waals surface area contributed by atoms with Crippen LogP contribution in [0.2, 0.25) is 5.02 Å². The molecule has 198 valence electrons. The Hall–Kier alpha value is -4.17. The SMILES string of the molecule is CCOc1cc(C2/C(=C(\O)c3cc(C)cc(Cl)c3OC)C(=O)C(=O)N2c2cc(C)ccc2O)ccc1OC. The predicted octanol–water partition coefficient (Wildman–Crippen LogP) is 5.70. The molecule has 0 aliphatic carbocycles. The Bertz CT molecular complexity index is 1460. The quantitative estimate of drug-likeness (QED) is 0.226. The molecule has 9 heteroatoms. The highest BCUT2D eigenvalue weighted by Gasteiger charge is 2.48. The molecule has 0 aromatic heterocycles. The third kappa shape index (κ3) is 4.63. The average molecular weight is 538 g/mol. The molecule has 2 N–H and O–H groups in total. The summed E-state index contributed by atoms with van der Waals surface area (Å²) in [4.78, 5) is 28.3.